The Hall–Kier alpha value is -2.09. The van der Waals surface area contributed by atoms with Gasteiger partial charge in [-0.1, -0.05) is 12.1 Å². The molecule has 0 bridgehead atoms. The van der Waals surface area contributed by atoms with E-state index in [0.717, 1.165) is 10.7 Å². The van der Waals surface area contributed by atoms with Gasteiger partial charge >= 0.3 is 5.69 Å². The van der Waals surface area contributed by atoms with Gasteiger partial charge in [0.1, 0.15) is 11.4 Å². The fraction of sp³-hybridized carbons (Fsp3) is 0.273. The quantitative estimate of drug-likeness (QED) is 0.494. The lowest BCUT2D eigenvalue weighted by Gasteiger charge is -2.03. The van der Waals surface area contributed by atoms with E-state index in [4.69, 9.17) is 11.6 Å². The molecule has 9 heteroatoms. The molecule has 2 rings (SSSR count). The van der Waals surface area contributed by atoms with Crippen LogP contribution in [0, 0.1) is 21.7 Å². The molecule has 0 aliphatic carbocycles. The van der Waals surface area contributed by atoms with Crippen LogP contribution >= 0.6 is 11.6 Å². The maximum Gasteiger partial charge on any atom is 0.307 e. The van der Waals surface area contributed by atoms with Crippen LogP contribution in [0.4, 0.5) is 14.5 Å². The summed E-state index contributed by atoms with van der Waals surface area (Å²) < 4.78 is 27.9. The molecule has 1 aromatic carbocycles. The number of hydrogen-bond acceptors (Lipinski definition) is 4. The molecule has 0 radical (unpaired) electrons. The predicted molar refractivity (Wildman–Crippen MR) is 66.8 cm³/mol. The number of rotatable bonds is 4. The van der Waals surface area contributed by atoms with Crippen LogP contribution in [0.25, 0.3) is 5.69 Å². The van der Waals surface area contributed by atoms with E-state index in [2.05, 4.69) is 10.3 Å². The molecule has 1 heterocycles. The molecule has 0 fully saturated rings. The Morgan fingerprint density at radius 1 is 1.45 bits per heavy atom. The number of alkyl halides is 1. The van der Waals surface area contributed by atoms with E-state index in [-0.39, 0.29) is 5.69 Å². The molecule has 0 aliphatic rings. The third-order valence-corrected chi connectivity index (χ3v) is 3.18. The second-order valence-electron chi connectivity index (χ2n) is 3.98. The zero-order chi connectivity index (χ0) is 14.9. The predicted octanol–water partition coefficient (Wildman–Crippen LogP) is 3.14. The van der Waals surface area contributed by atoms with E-state index in [1.54, 1.807) is 0 Å². The lowest BCUT2D eigenvalue weighted by atomic mass is 10.2. The Bertz CT molecular complexity index is 662. The number of hydrogen-bond donors (Lipinski definition) is 0. The highest BCUT2D eigenvalue weighted by atomic mass is 35.5. The Balaban J connectivity index is 2.49. The van der Waals surface area contributed by atoms with Crippen molar-refractivity contribution in [1.29, 1.82) is 0 Å². The number of benzene rings is 1. The van der Waals surface area contributed by atoms with Crippen LogP contribution in [-0.2, 0) is 0 Å². The van der Waals surface area contributed by atoms with Gasteiger partial charge in [-0.2, -0.15) is 4.39 Å². The fourth-order valence-corrected chi connectivity index (χ4v) is 1.69. The molecule has 0 saturated carbocycles. The van der Waals surface area contributed by atoms with Gasteiger partial charge in [0.15, 0.2) is 5.82 Å². The Morgan fingerprint density at radius 2 is 2.15 bits per heavy atom. The first kappa shape index (κ1) is 14.3. The second kappa shape index (κ2) is 5.49. The first-order valence-electron chi connectivity index (χ1n) is 5.64. The maximum absolute atomic E-state index is 13.7. The summed E-state index contributed by atoms with van der Waals surface area (Å²) in [5.41, 5.74) is -0.700. The number of nitrogens with zero attached hydrogens (tertiary/aromatic N) is 4. The monoisotopic (exact) mass is 302 g/mol. The van der Waals surface area contributed by atoms with Crippen LogP contribution in [0.2, 0.25) is 0 Å². The van der Waals surface area contributed by atoms with Crippen molar-refractivity contribution in [2.24, 2.45) is 0 Å². The number of nitro groups is 1. The van der Waals surface area contributed by atoms with Crippen LogP contribution in [0.1, 0.15) is 24.4 Å². The molecule has 106 valence electrons. The van der Waals surface area contributed by atoms with E-state index in [0.29, 0.717) is 18.2 Å². The van der Waals surface area contributed by atoms with Gasteiger partial charge in [-0.25, -0.2) is 9.07 Å². The van der Waals surface area contributed by atoms with Crippen LogP contribution in [0.15, 0.2) is 18.3 Å². The number of aromatic nitrogens is 3. The third-order valence-electron chi connectivity index (χ3n) is 2.65. The van der Waals surface area contributed by atoms with Crippen LogP contribution in [0.5, 0.6) is 0 Å². The minimum absolute atomic E-state index is 0.267. The highest BCUT2D eigenvalue weighted by Gasteiger charge is 2.21. The minimum atomic E-state index is -1.25. The molecule has 0 amide bonds. The molecule has 0 N–H and O–H groups in total. The van der Waals surface area contributed by atoms with Crippen molar-refractivity contribution >= 4 is 17.3 Å². The highest BCUT2D eigenvalue weighted by Crippen LogP contribution is 2.26. The van der Waals surface area contributed by atoms with Crippen LogP contribution in [0.3, 0.4) is 0 Å². The Labute approximate surface area is 117 Å². The molecule has 0 spiro atoms. The van der Waals surface area contributed by atoms with E-state index in [1.807, 2.05) is 6.92 Å². The summed E-state index contributed by atoms with van der Waals surface area (Å²) >= 11 is 5.96. The Morgan fingerprint density at radius 3 is 2.75 bits per heavy atom. The van der Waals surface area contributed by atoms with Crippen molar-refractivity contribution in [3.05, 3.63) is 45.8 Å². The molecular formula is C11H9ClF2N4O2. The zero-order valence-corrected chi connectivity index (χ0v) is 11.0. The molecular weight excluding hydrogens is 294 g/mol. The summed E-state index contributed by atoms with van der Waals surface area (Å²) in [7, 11) is 0. The lowest BCUT2D eigenvalue weighted by molar-refractivity contribution is -0.387. The lowest BCUT2D eigenvalue weighted by Crippen LogP contribution is -2.02. The SMILES string of the molecule is CCC(Cl)c1cn(-c2cc([N+](=O)[O-])c(F)cc2F)nn1. The highest BCUT2D eigenvalue weighted by molar-refractivity contribution is 6.20. The van der Waals surface area contributed by atoms with Gasteiger partial charge in [-0.05, 0) is 6.42 Å². The van der Waals surface area contributed by atoms with Gasteiger partial charge in [-0.3, -0.25) is 10.1 Å². The van der Waals surface area contributed by atoms with E-state index >= 15 is 0 Å². The van der Waals surface area contributed by atoms with Crippen molar-refractivity contribution in [3.8, 4) is 5.69 Å². The van der Waals surface area contributed by atoms with Crippen LogP contribution in [-0.4, -0.2) is 19.9 Å². The van der Waals surface area contributed by atoms with Gasteiger partial charge in [0.05, 0.1) is 16.5 Å². The number of halogens is 3. The zero-order valence-electron chi connectivity index (χ0n) is 10.3. The summed E-state index contributed by atoms with van der Waals surface area (Å²) in [5, 5.41) is 17.6. The van der Waals surface area contributed by atoms with E-state index in [9.17, 15) is 18.9 Å². The first-order valence-corrected chi connectivity index (χ1v) is 6.07. The molecule has 20 heavy (non-hydrogen) atoms. The molecule has 6 nitrogen and oxygen atoms in total. The van der Waals surface area contributed by atoms with E-state index < -0.39 is 27.6 Å². The van der Waals surface area contributed by atoms with Gasteiger partial charge in [0.25, 0.3) is 0 Å². The first-order chi connectivity index (χ1) is 9.43. The van der Waals surface area contributed by atoms with Crippen molar-refractivity contribution in [1.82, 2.24) is 15.0 Å². The summed E-state index contributed by atoms with van der Waals surface area (Å²) in [6, 6.07) is 1.20. The molecule has 0 saturated heterocycles. The summed E-state index contributed by atoms with van der Waals surface area (Å²) in [6.45, 7) is 1.83. The normalized spacial score (nSPS) is 12.4. The smallest absolute Gasteiger partial charge is 0.258 e. The van der Waals surface area contributed by atoms with Crippen molar-refractivity contribution in [2.75, 3.05) is 0 Å². The van der Waals surface area contributed by atoms with Crippen molar-refractivity contribution in [3.63, 3.8) is 0 Å². The molecule has 2 aromatic rings. The largest absolute Gasteiger partial charge is 0.307 e. The fourth-order valence-electron chi connectivity index (χ4n) is 1.59. The maximum atomic E-state index is 13.7. The topological polar surface area (TPSA) is 73.8 Å². The Kier molecular flexibility index (Phi) is 3.93. The standard InChI is InChI=1S/C11H9ClF2N4O2/c1-2-6(12)9-5-17(16-15-9)10-4-11(18(19)20)8(14)3-7(10)13/h3-6H,2H2,1H3. The average Bonchev–Trinajstić information content (AvgIpc) is 2.86. The van der Waals surface area contributed by atoms with Gasteiger partial charge < -0.3 is 0 Å². The van der Waals surface area contributed by atoms with Crippen molar-refractivity contribution in [2.45, 2.75) is 18.7 Å². The summed E-state index contributed by atoms with van der Waals surface area (Å²) in [5.74, 6) is -2.23. The molecule has 0 aliphatic heterocycles. The summed E-state index contributed by atoms with van der Waals surface area (Å²) in [4.78, 5) is 9.72. The average molecular weight is 303 g/mol. The van der Waals surface area contributed by atoms with Crippen LogP contribution < -0.4 is 0 Å². The van der Waals surface area contributed by atoms with Gasteiger partial charge in [0, 0.05) is 12.1 Å². The molecule has 1 atom stereocenters. The van der Waals surface area contributed by atoms with E-state index in [1.165, 1.54) is 6.20 Å². The summed E-state index contributed by atoms with van der Waals surface area (Å²) in [6.07, 6.45) is 1.94. The number of nitro benzene ring substituents is 1. The van der Waals surface area contributed by atoms with Gasteiger partial charge in [-0.15, -0.1) is 16.7 Å². The minimum Gasteiger partial charge on any atom is -0.258 e. The molecule has 1 aromatic heterocycles. The second-order valence-corrected chi connectivity index (χ2v) is 4.50. The van der Waals surface area contributed by atoms with Crippen molar-refractivity contribution < 1.29 is 13.7 Å². The molecule has 1 unspecified atom stereocenters. The third kappa shape index (κ3) is 2.60. The van der Waals surface area contributed by atoms with Gasteiger partial charge in [0.2, 0.25) is 5.82 Å².